The molecule has 2 fully saturated rings. The van der Waals surface area contributed by atoms with Crippen molar-refractivity contribution in [2.45, 2.75) is 20.3 Å². The van der Waals surface area contributed by atoms with E-state index < -0.39 is 5.41 Å². The minimum atomic E-state index is -0.567. The van der Waals surface area contributed by atoms with Gasteiger partial charge in [0, 0.05) is 18.7 Å². The van der Waals surface area contributed by atoms with Crippen molar-refractivity contribution in [2.24, 2.45) is 16.7 Å². The van der Waals surface area contributed by atoms with E-state index in [0.717, 1.165) is 17.5 Å². The molecular formula is C23H24FNO3. The maximum atomic E-state index is 13.1. The van der Waals surface area contributed by atoms with Crippen molar-refractivity contribution >= 4 is 11.9 Å². The van der Waals surface area contributed by atoms with E-state index in [9.17, 15) is 14.0 Å². The molecular weight excluding hydrogens is 357 g/mol. The molecule has 0 unspecified atom stereocenters. The van der Waals surface area contributed by atoms with E-state index >= 15 is 0 Å². The Hall–Kier alpha value is -2.69. The van der Waals surface area contributed by atoms with Gasteiger partial charge in [-0.05, 0) is 53.1 Å². The molecule has 0 radical (unpaired) electrons. The molecule has 2 aliphatic rings. The summed E-state index contributed by atoms with van der Waals surface area (Å²) in [4.78, 5) is 27.3. The van der Waals surface area contributed by atoms with Crippen LogP contribution in [-0.2, 0) is 9.53 Å². The van der Waals surface area contributed by atoms with Gasteiger partial charge >= 0.3 is 5.97 Å². The lowest BCUT2D eigenvalue weighted by Gasteiger charge is -2.54. The van der Waals surface area contributed by atoms with Gasteiger partial charge in [-0.15, -0.1) is 0 Å². The second-order valence-electron chi connectivity index (χ2n) is 8.64. The summed E-state index contributed by atoms with van der Waals surface area (Å²) in [5.74, 6) is -0.436. The third-order valence-electron chi connectivity index (χ3n) is 6.45. The molecule has 146 valence electrons. The molecule has 0 aromatic heterocycles. The third-order valence-corrected chi connectivity index (χ3v) is 6.45. The molecule has 1 heterocycles. The Morgan fingerprint density at radius 3 is 2.14 bits per heavy atom. The lowest BCUT2D eigenvalue weighted by Crippen LogP contribution is -2.57. The lowest BCUT2D eigenvalue weighted by molar-refractivity contribution is -0.174. The molecule has 2 atom stereocenters. The average molecular weight is 381 g/mol. The zero-order valence-corrected chi connectivity index (χ0v) is 16.4. The molecule has 1 amide bonds. The number of likely N-dealkylation sites (tertiary alicyclic amines) is 1. The number of nitrogens with zero attached hydrogens (tertiary/aromatic N) is 1. The first-order valence-corrected chi connectivity index (χ1v) is 9.50. The van der Waals surface area contributed by atoms with Crippen LogP contribution in [0.1, 0.15) is 30.6 Å². The van der Waals surface area contributed by atoms with Crippen molar-refractivity contribution in [1.82, 2.24) is 4.90 Å². The van der Waals surface area contributed by atoms with Crippen LogP contribution in [-0.4, -0.2) is 37.0 Å². The highest BCUT2D eigenvalue weighted by atomic mass is 19.1. The number of carbonyl (C=O) groups is 2. The second-order valence-corrected chi connectivity index (χ2v) is 8.64. The van der Waals surface area contributed by atoms with Gasteiger partial charge in [-0.2, -0.15) is 0 Å². The summed E-state index contributed by atoms with van der Waals surface area (Å²) in [5.41, 5.74) is 1.86. The number of ether oxygens (including phenoxy) is 1. The first-order chi connectivity index (χ1) is 13.3. The van der Waals surface area contributed by atoms with Gasteiger partial charge < -0.3 is 9.64 Å². The monoisotopic (exact) mass is 381 g/mol. The summed E-state index contributed by atoms with van der Waals surface area (Å²) in [5, 5.41) is 0. The average Bonchev–Trinajstić information content (AvgIpc) is 3.03. The summed E-state index contributed by atoms with van der Waals surface area (Å²) in [6.07, 6.45) is 0.741. The van der Waals surface area contributed by atoms with E-state index in [1.807, 2.05) is 12.1 Å². The molecule has 28 heavy (non-hydrogen) atoms. The number of benzene rings is 2. The molecule has 2 aromatic carbocycles. The van der Waals surface area contributed by atoms with Crippen LogP contribution in [0.4, 0.5) is 4.39 Å². The van der Waals surface area contributed by atoms with E-state index in [2.05, 4.69) is 13.8 Å². The number of amides is 1. The van der Waals surface area contributed by atoms with Gasteiger partial charge in [0.1, 0.15) is 5.82 Å². The number of halogens is 1. The van der Waals surface area contributed by atoms with Gasteiger partial charge in [0.05, 0.1) is 12.5 Å². The maximum Gasteiger partial charge on any atom is 0.314 e. The van der Waals surface area contributed by atoms with Crippen LogP contribution >= 0.6 is 0 Å². The Morgan fingerprint density at radius 2 is 1.61 bits per heavy atom. The Labute approximate surface area is 164 Å². The Bertz CT molecular complexity index is 920. The van der Waals surface area contributed by atoms with Crippen LogP contribution in [0, 0.1) is 22.6 Å². The number of methoxy groups -OCH3 is 1. The molecule has 1 aliphatic carbocycles. The summed E-state index contributed by atoms with van der Waals surface area (Å²) < 4.78 is 18.2. The smallest absolute Gasteiger partial charge is 0.314 e. The highest BCUT2D eigenvalue weighted by Gasteiger charge is 2.68. The third kappa shape index (κ3) is 2.81. The Balaban J connectivity index is 1.54. The van der Waals surface area contributed by atoms with Crippen molar-refractivity contribution in [3.8, 4) is 11.1 Å². The first-order valence-electron chi connectivity index (χ1n) is 9.50. The summed E-state index contributed by atoms with van der Waals surface area (Å²) >= 11 is 0. The van der Waals surface area contributed by atoms with Crippen LogP contribution in [0.3, 0.4) is 0 Å². The second kappa shape index (κ2) is 6.43. The summed E-state index contributed by atoms with van der Waals surface area (Å²) in [7, 11) is 1.41. The van der Waals surface area contributed by atoms with E-state index in [4.69, 9.17) is 4.74 Å². The number of carbonyl (C=O) groups excluding carboxylic acids is 2. The molecule has 4 nitrogen and oxygen atoms in total. The number of rotatable bonds is 3. The van der Waals surface area contributed by atoms with E-state index in [1.54, 1.807) is 29.2 Å². The molecule has 5 heteroatoms. The summed E-state index contributed by atoms with van der Waals surface area (Å²) in [6, 6.07) is 13.6. The number of fused-ring (bicyclic) bond motifs is 1. The fraction of sp³-hybridized carbons (Fsp3) is 0.391. The van der Waals surface area contributed by atoms with Crippen molar-refractivity contribution < 1.29 is 18.7 Å². The lowest BCUT2D eigenvalue weighted by atomic mass is 9.48. The van der Waals surface area contributed by atoms with Crippen molar-refractivity contribution in [3.05, 3.63) is 59.9 Å². The zero-order valence-electron chi connectivity index (χ0n) is 16.4. The molecule has 2 aromatic rings. The number of hydrogen-bond acceptors (Lipinski definition) is 3. The fourth-order valence-electron chi connectivity index (χ4n) is 5.16. The minimum Gasteiger partial charge on any atom is -0.469 e. The Morgan fingerprint density at radius 1 is 1.04 bits per heavy atom. The van der Waals surface area contributed by atoms with Crippen LogP contribution < -0.4 is 0 Å². The van der Waals surface area contributed by atoms with Crippen LogP contribution in [0.5, 0.6) is 0 Å². The van der Waals surface area contributed by atoms with Gasteiger partial charge in [0.2, 0.25) is 0 Å². The molecule has 4 rings (SSSR count). The predicted molar refractivity (Wildman–Crippen MR) is 104 cm³/mol. The molecule has 1 aliphatic heterocycles. The molecule has 0 bridgehead atoms. The fourth-order valence-corrected chi connectivity index (χ4v) is 5.16. The van der Waals surface area contributed by atoms with Crippen LogP contribution in [0.15, 0.2) is 48.5 Å². The normalized spacial score (nSPS) is 25.0. The van der Waals surface area contributed by atoms with Crippen molar-refractivity contribution in [2.75, 3.05) is 20.2 Å². The summed E-state index contributed by atoms with van der Waals surface area (Å²) in [6.45, 7) is 5.27. The topological polar surface area (TPSA) is 46.6 Å². The highest BCUT2D eigenvalue weighted by molar-refractivity contribution is 5.96. The maximum absolute atomic E-state index is 13.1. The Kier molecular flexibility index (Phi) is 4.29. The van der Waals surface area contributed by atoms with Gasteiger partial charge in [-0.3, -0.25) is 9.59 Å². The quantitative estimate of drug-likeness (QED) is 0.751. The van der Waals surface area contributed by atoms with E-state index in [-0.39, 0.29) is 29.0 Å². The predicted octanol–water partition coefficient (Wildman–Crippen LogP) is 4.15. The zero-order chi connectivity index (χ0) is 20.1. The van der Waals surface area contributed by atoms with Gasteiger partial charge in [-0.1, -0.05) is 38.1 Å². The molecule has 1 saturated carbocycles. The standard InChI is InChI=1S/C23H24FNO3/c1-22(2)13-23(21(27)28-3)14-25(12-19(22)23)20(26)17-6-4-15(5-7-17)16-8-10-18(24)11-9-16/h4-11,19H,12-14H2,1-3H3/t19-,23+/m1/s1. The van der Waals surface area contributed by atoms with Crippen molar-refractivity contribution in [3.63, 3.8) is 0 Å². The molecule has 0 spiro atoms. The van der Waals surface area contributed by atoms with Crippen LogP contribution in [0.2, 0.25) is 0 Å². The van der Waals surface area contributed by atoms with Gasteiger partial charge in [0.25, 0.3) is 5.91 Å². The molecule has 0 N–H and O–H groups in total. The highest BCUT2D eigenvalue weighted by Crippen LogP contribution is 2.63. The van der Waals surface area contributed by atoms with Crippen molar-refractivity contribution in [1.29, 1.82) is 0 Å². The molecule has 1 saturated heterocycles. The van der Waals surface area contributed by atoms with Crippen LogP contribution in [0.25, 0.3) is 11.1 Å². The van der Waals surface area contributed by atoms with Gasteiger partial charge in [0.15, 0.2) is 0 Å². The first kappa shape index (κ1) is 18.7. The largest absolute Gasteiger partial charge is 0.469 e. The SMILES string of the molecule is COC(=O)[C@@]12CN(C(=O)c3ccc(-c4ccc(F)cc4)cc3)C[C@@H]1C(C)(C)C2. The van der Waals surface area contributed by atoms with E-state index in [0.29, 0.717) is 18.7 Å². The number of esters is 1. The minimum absolute atomic E-state index is 0.0235. The van der Waals surface area contributed by atoms with E-state index in [1.165, 1.54) is 19.2 Å². The van der Waals surface area contributed by atoms with Gasteiger partial charge in [-0.25, -0.2) is 4.39 Å². The number of hydrogen-bond donors (Lipinski definition) is 0.